The van der Waals surface area contributed by atoms with Crippen molar-refractivity contribution in [1.29, 1.82) is 0 Å². The molecule has 0 spiro atoms. The Morgan fingerprint density at radius 1 is 1.50 bits per heavy atom. The first kappa shape index (κ1) is 14.1. The Balaban J connectivity index is 1.69. The standard InChI is InChI=1S/C12H19N3O4S/c1-13-12-14-8-10(18)9(17)6(19-11(8)20-12)5-15-4-2-3-7(15)16/h6,8-11,17-18H,2-5H2,1H3,(H,13,14)/t6-,8-,9-,10-,11-/m1/s1. The number of aliphatic imine (C=N–C) groups is 1. The highest BCUT2D eigenvalue weighted by Crippen LogP contribution is 2.34. The van der Waals surface area contributed by atoms with E-state index < -0.39 is 18.3 Å². The van der Waals surface area contributed by atoms with E-state index in [0.29, 0.717) is 24.7 Å². The van der Waals surface area contributed by atoms with Crippen molar-refractivity contribution in [2.45, 2.75) is 42.6 Å². The molecule has 3 aliphatic rings. The summed E-state index contributed by atoms with van der Waals surface area (Å²) in [6, 6.07) is -0.362. The van der Waals surface area contributed by atoms with Gasteiger partial charge in [0.15, 0.2) is 5.17 Å². The summed E-state index contributed by atoms with van der Waals surface area (Å²) in [6.07, 6.45) is -1.09. The van der Waals surface area contributed by atoms with E-state index >= 15 is 0 Å². The van der Waals surface area contributed by atoms with Gasteiger partial charge in [0, 0.05) is 26.6 Å². The minimum atomic E-state index is -1.01. The molecule has 3 aliphatic heterocycles. The van der Waals surface area contributed by atoms with Gasteiger partial charge >= 0.3 is 0 Å². The molecular formula is C12H19N3O4S. The molecule has 0 aromatic rings. The van der Waals surface area contributed by atoms with Crippen LogP contribution in [0.25, 0.3) is 0 Å². The molecule has 3 N–H and O–H groups in total. The third-order valence-electron chi connectivity index (χ3n) is 3.99. The van der Waals surface area contributed by atoms with Crippen molar-refractivity contribution in [3.05, 3.63) is 0 Å². The molecule has 0 aromatic heterocycles. The fraction of sp³-hybridized carbons (Fsp3) is 0.833. The van der Waals surface area contributed by atoms with E-state index in [4.69, 9.17) is 4.74 Å². The van der Waals surface area contributed by atoms with Gasteiger partial charge in [-0.2, -0.15) is 0 Å². The molecule has 0 aromatic carbocycles. The normalized spacial score (nSPS) is 43.0. The minimum Gasteiger partial charge on any atom is -0.388 e. The van der Waals surface area contributed by atoms with Crippen LogP contribution in [-0.4, -0.2) is 76.1 Å². The molecule has 0 radical (unpaired) electrons. The summed E-state index contributed by atoms with van der Waals surface area (Å²) in [5.41, 5.74) is -0.283. The maximum absolute atomic E-state index is 11.7. The molecule has 3 saturated heterocycles. The first-order chi connectivity index (χ1) is 9.60. The van der Waals surface area contributed by atoms with E-state index in [0.717, 1.165) is 6.42 Å². The van der Waals surface area contributed by atoms with Crippen LogP contribution in [0, 0.1) is 0 Å². The SMILES string of the molecule is CN=C1N[C@@H]2[C@@H](O)[C@H](O)[C@@H](CN3CCCC3=O)O[C@@H]2S1. The van der Waals surface area contributed by atoms with Crippen molar-refractivity contribution in [3.8, 4) is 0 Å². The molecule has 0 unspecified atom stereocenters. The summed E-state index contributed by atoms with van der Waals surface area (Å²) in [4.78, 5) is 17.4. The van der Waals surface area contributed by atoms with Crippen LogP contribution in [0.15, 0.2) is 4.99 Å². The van der Waals surface area contributed by atoms with Gasteiger partial charge in [0.25, 0.3) is 0 Å². The summed E-state index contributed by atoms with van der Waals surface area (Å²) < 4.78 is 5.85. The number of nitrogens with zero attached hydrogens (tertiary/aromatic N) is 2. The van der Waals surface area contributed by atoms with Crippen LogP contribution in [0.1, 0.15) is 12.8 Å². The summed E-state index contributed by atoms with van der Waals surface area (Å²) >= 11 is 1.40. The van der Waals surface area contributed by atoms with E-state index in [2.05, 4.69) is 10.3 Å². The van der Waals surface area contributed by atoms with Gasteiger partial charge in [0.1, 0.15) is 23.7 Å². The molecule has 20 heavy (non-hydrogen) atoms. The second kappa shape index (κ2) is 5.51. The van der Waals surface area contributed by atoms with E-state index in [1.54, 1.807) is 11.9 Å². The molecule has 0 aliphatic carbocycles. The quantitative estimate of drug-likeness (QED) is 0.590. The number of amidine groups is 1. The number of fused-ring (bicyclic) bond motifs is 1. The fourth-order valence-electron chi connectivity index (χ4n) is 2.85. The zero-order valence-corrected chi connectivity index (χ0v) is 12.0. The Bertz CT molecular complexity index is 433. The van der Waals surface area contributed by atoms with Crippen molar-refractivity contribution >= 4 is 22.8 Å². The van der Waals surface area contributed by atoms with E-state index in [1.807, 2.05) is 0 Å². The fourth-order valence-corrected chi connectivity index (χ4v) is 3.96. The maximum atomic E-state index is 11.7. The first-order valence-electron chi connectivity index (χ1n) is 6.79. The number of aliphatic hydroxyl groups is 2. The highest BCUT2D eigenvalue weighted by molar-refractivity contribution is 8.14. The number of carbonyl (C=O) groups excluding carboxylic acids is 1. The number of ether oxygens (including phenoxy) is 1. The van der Waals surface area contributed by atoms with Crippen molar-refractivity contribution in [3.63, 3.8) is 0 Å². The topological polar surface area (TPSA) is 94.4 Å². The van der Waals surface area contributed by atoms with E-state index in [9.17, 15) is 15.0 Å². The minimum absolute atomic E-state index is 0.0884. The van der Waals surface area contributed by atoms with Gasteiger partial charge in [-0.15, -0.1) is 0 Å². The molecule has 112 valence electrons. The molecule has 1 amide bonds. The monoisotopic (exact) mass is 301 g/mol. The van der Waals surface area contributed by atoms with Gasteiger partial charge < -0.3 is 25.2 Å². The van der Waals surface area contributed by atoms with Gasteiger partial charge in [-0.05, 0) is 6.42 Å². The van der Waals surface area contributed by atoms with Crippen molar-refractivity contribution < 1.29 is 19.7 Å². The van der Waals surface area contributed by atoms with Gasteiger partial charge in [0.2, 0.25) is 5.91 Å². The lowest BCUT2D eigenvalue weighted by Crippen LogP contribution is -2.61. The maximum Gasteiger partial charge on any atom is 0.222 e. The highest BCUT2D eigenvalue weighted by atomic mass is 32.2. The second-order valence-corrected chi connectivity index (χ2v) is 6.37. The van der Waals surface area contributed by atoms with Gasteiger partial charge in [0.05, 0.1) is 6.04 Å². The summed E-state index contributed by atoms with van der Waals surface area (Å²) in [6.45, 7) is 1.03. The average Bonchev–Trinajstić information content (AvgIpc) is 3.02. The largest absolute Gasteiger partial charge is 0.388 e. The number of aliphatic hydroxyl groups excluding tert-OH is 2. The second-order valence-electron chi connectivity index (χ2n) is 5.28. The molecule has 3 rings (SSSR count). The van der Waals surface area contributed by atoms with Crippen LogP contribution in [0.4, 0.5) is 0 Å². The van der Waals surface area contributed by atoms with Crippen molar-refractivity contribution in [2.24, 2.45) is 4.99 Å². The van der Waals surface area contributed by atoms with Crippen molar-refractivity contribution in [2.75, 3.05) is 20.1 Å². The van der Waals surface area contributed by atoms with Crippen molar-refractivity contribution in [1.82, 2.24) is 10.2 Å². The summed E-state index contributed by atoms with van der Waals surface area (Å²) in [5, 5.41) is 24.1. The molecule has 8 heteroatoms. The number of likely N-dealkylation sites (tertiary alicyclic amines) is 1. The van der Waals surface area contributed by atoms with Crippen LogP contribution in [0.2, 0.25) is 0 Å². The van der Waals surface area contributed by atoms with Crippen LogP contribution < -0.4 is 5.32 Å². The van der Waals surface area contributed by atoms with Crippen LogP contribution in [-0.2, 0) is 9.53 Å². The summed E-state index contributed by atoms with van der Waals surface area (Å²) in [7, 11) is 1.66. The molecule has 0 saturated carbocycles. The van der Waals surface area contributed by atoms with Gasteiger partial charge in [-0.25, -0.2) is 0 Å². The Labute approximate surface area is 121 Å². The van der Waals surface area contributed by atoms with Crippen LogP contribution in [0.5, 0.6) is 0 Å². The van der Waals surface area contributed by atoms with Gasteiger partial charge in [-0.1, -0.05) is 11.8 Å². The highest BCUT2D eigenvalue weighted by Gasteiger charge is 2.49. The average molecular weight is 301 g/mol. The number of amides is 1. The predicted octanol–water partition coefficient (Wildman–Crippen LogP) is -1.25. The number of carbonyl (C=O) groups is 1. The Hall–Kier alpha value is -0.830. The lowest BCUT2D eigenvalue weighted by Gasteiger charge is -2.40. The lowest BCUT2D eigenvalue weighted by atomic mass is 9.97. The number of nitrogens with one attached hydrogen (secondary N) is 1. The third-order valence-corrected chi connectivity index (χ3v) is 5.15. The molecule has 0 bridgehead atoms. The zero-order valence-electron chi connectivity index (χ0n) is 11.2. The van der Waals surface area contributed by atoms with Gasteiger partial charge in [-0.3, -0.25) is 9.79 Å². The Kier molecular flexibility index (Phi) is 3.89. The molecule has 5 atom stereocenters. The number of hydrogen-bond acceptors (Lipinski definition) is 6. The predicted molar refractivity (Wildman–Crippen MR) is 74.4 cm³/mol. The number of hydrogen-bond donors (Lipinski definition) is 3. The summed E-state index contributed by atoms with van der Waals surface area (Å²) in [5.74, 6) is 0.0884. The third kappa shape index (κ3) is 2.41. The molecule has 7 nitrogen and oxygen atoms in total. The smallest absolute Gasteiger partial charge is 0.222 e. The molecule has 3 heterocycles. The lowest BCUT2D eigenvalue weighted by molar-refractivity contribution is -0.164. The first-order valence-corrected chi connectivity index (χ1v) is 7.67. The van der Waals surface area contributed by atoms with Crippen LogP contribution in [0.3, 0.4) is 0 Å². The number of rotatable bonds is 2. The Morgan fingerprint density at radius 3 is 2.95 bits per heavy atom. The van der Waals surface area contributed by atoms with E-state index in [-0.39, 0.29) is 17.4 Å². The van der Waals surface area contributed by atoms with E-state index in [1.165, 1.54) is 11.8 Å². The van der Waals surface area contributed by atoms with Crippen LogP contribution >= 0.6 is 11.8 Å². The number of thioether (sulfide) groups is 1. The molecule has 3 fully saturated rings. The zero-order chi connectivity index (χ0) is 14.3. The Morgan fingerprint density at radius 2 is 2.30 bits per heavy atom. The molecular weight excluding hydrogens is 282 g/mol.